The van der Waals surface area contributed by atoms with Crippen molar-refractivity contribution in [2.45, 2.75) is 43.0 Å². The smallest absolute Gasteiger partial charge is 0.246 e. The molecular formula is C31H33F3N6O3S. The van der Waals surface area contributed by atoms with Crippen molar-refractivity contribution in [2.75, 3.05) is 25.0 Å². The van der Waals surface area contributed by atoms with E-state index in [9.17, 15) is 22.0 Å². The second kappa shape index (κ2) is 13.3. The molecule has 1 amide bonds. The second-order valence-corrected chi connectivity index (χ2v) is 12.8. The molecule has 1 fully saturated rings. The highest BCUT2D eigenvalue weighted by atomic mass is 32.2. The fourth-order valence-electron chi connectivity index (χ4n) is 5.58. The van der Waals surface area contributed by atoms with Crippen LogP contribution in [0.1, 0.15) is 41.0 Å². The molecule has 1 saturated heterocycles. The van der Waals surface area contributed by atoms with Crippen molar-refractivity contribution in [3.05, 3.63) is 107 Å². The third kappa shape index (κ3) is 7.17. The number of hydrogen-bond donors (Lipinski definition) is 2. The number of rotatable bonds is 10. The van der Waals surface area contributed by atoms with Gasteiger partial charge in [-0.3, -0.25) is 14.5 Å². The average molecular weight is 627 g/mol. The van der Waals surface area contributed by atoms with Gasteiger partial charge < -0.3 is 10.6 Å². The second-order valence-electron chi connectivity index (χ2n) is 10.9. The zero-order chi connectivity index (χ0) is 31.4. The number of carbonyl (C=O) groups excluding carboxylic acids is 1. The van der Waals surface area contributed by atoms with Gasteiger partial charge in [-0.05, 0) is 60.7 Å². The number of aromatic nitrogens is 3. The van der Waals surface area contributed by atoms with Gasteiger partial charge in [-0.25, -0.2) is 21.6 Å². The first-order chi connectivity index (χ1) is 21.0. The minimum absolute atomic E-state index is 0.0825. The first kappa shape index (κ1) is 31.4. The fraction of sp³-hybridized carbons (Fsp3) is 0.323. The molecule has 0 saturated carbocycles. The van der Waals surface area contributed by atoms with E-state index in [0.29, 0.717) is 29.8 Å². The highest BCUT2D eigenvalue weighted by molar-refractivity contribution is 7.89. The van der Waals surface area contributed by atoms with Gasteiger partial charge in [0.1, 0.15) is 22.3 Å². The summed E-state index contributed by atoms with van der Waals surface area (Å²) < 4.78 is 72.7. The van der Waals surface area contributed by atoms with Crippen LogP contribution in [0, 0.1) is 24.4 Å². The van der Waals surface area contributed by atoms with Crippen molar-refractivity contribution in [1.29, 1.82) is 0 Å². The van der Waals surface area contributed by atoms with Crippen molar-refractivity contribution in [1.82, 2.24) is 24.4 Å². The van der Waals surface area contributed by atoms with E-state index in [0.717, 1.165) is 6.20 Å². The predicted octanol–water partition coefficient (Wildman–Crippen LogP) is 4.30. The Hall–Kier alpha value is -4.07. The van der Waals surface area contributed by atoms with Gasteiger partial charge in [0.05, 0.1) is 24.3 Å². The molecule has 2 N–H and O–H groups in total. The summed E-state index contributed by atoms with van der Waals surface area (Å²) in [6.07, 6.45) is 5.40. The standard InChI is InChI=1S/C31H33F3N6O3S/c1-20-11-22(13-24(33)12-20)28(21-3-5-23(32)6-4-21)14-31(41)38-30-18-36-17-29(34)27(30)8-7-25-15-35-9-10-40(25)44(42,43)26-16-37-39(2)19-26/h3-6,11-13,16-19,25,28,35H,7-10,14-15H2,1-2H3,(H,38,41)/t25-,28-/m0/s1. The van der Waals surface area contributed by atoms with E-state index in [1.54, 1.807) is 32.2 Å². The maximum absolute atomic E-state index is 15.1. The van der Waals surface area contributed by atoms with E-state index in [2.05, 4.69) is 20.7 Å². The molecule has 232 valence electrons. The number of halogens is 3. The van der Waals surface area contributed by atoms with Gasteiger partial charge in [-0.15, -0.1) is 0 Å². The molecule has 2 aromatic carbocycles. The Balaban J connectivity index is 1.35. The molecule has 4 aromatic rings. The van der Waals surface area contributed by atoms with Crippen LogP contribution in [0.3, 0.4) is 0 Å². The monoisotopic (exact) mass is 626 g/mol. The number of anilines is 1. The molecular weight excluding hydrogens is 593 g/mol. The van der Waals surface area contributed by atoms with Crippen LogP contribution in [0.25, 0.3) is 0 Å². The van der Waals surface area contributed by atoms with Crippen molar-refractivity contribution in [3.8, 4) is 0 Å². The number of hydrogen-bond acceptors (Lipinski definition) is 6. The summed E-state index contributed by atoms with van der Waals surface area (Å²) in [6.45, 7) is 2.83. The van der Waals surface area contributed by atoms with Crippen molar-refractivity contribution < 1.29 is 26.4 Å². The Kier molecular flexibility index (Phi) is 9.47. The van der Waals surface area contributed by atoms with Crippen LogP contribution in [-0.2, 0) is 28.3 Å². The number of benzene rings is 2. The van der Waals surface area contributed by atoms with Crippen molar-refractivity contribution >= 4 is 21.6 Å². The van der Waals surface area contributed by atoms with Crippen LogP contribution in [0.2, 0.25) is 0 Å². The summed E-state index contributed by atoms with van der Waals surface area (Å²) in [6, 6.07) is 9.66. The molecule has 0 spiro atoms. The number of amides is 1. The number of nitrogens with one attached hydrogen (secondary N) is 2. The minimum atomic E-state index is -3.83. The molecule has 13 heteroatoms. The highest BCUT2D eigenvalue weighted by Gasteiger charge is 2.34. The molecule has 5 rings (SSSR count). The minimum Gasteiger partial charge on any atom is -0.324 e. The van der Waals surface area contributed by atoms with Gasteiger partial charge in [-0.2, -0.15) is 9.40 Å². The molecule has 0 unspecified atom stereocenters. The van der Waals surface area contributed by atoms with E-state index in [4.69, 9.17) is 0 Å². The van der Waals surface area contributed by atoms with Gasteiger partial charge in [-0.1, -0.05) is 18.2 Å². The van der Waals surface area contributed by atoms with Gasteiger partial charge >= 0.3 is 0 Å². The van der Waals surface area contributed by atoms with Crippen LogP contribution in [0.4, 0.5) is 18.9 Å². The van der Waals surface area contributed by atoms with E-state index in [1.165, 1.54) is 51.8 Å². The number of piperazine rings is 1. The molecule has 1 aliphatic heterocycles. The van der Waals surface area contributed by atoms with Crippen molar-refractivity contribution in [2.24, 2.45) is 7.05 Å². The van der Waals surface area contributed by atoms with Crippen LogP contribution >= 0.6 is 0 Å². The summed E-state index contributed by atoms with van der Waals surface area (Å²) in [7, 11) is -2.19. The van der Waals surface area contributed by atoms with Gasteiger partial charge in [0.15, 0.2) is 0 Å². The van der Waals surface area contributed by atoms with Gasteiger partial charge in [0.25, 0.3) is 0 Å². The van der Waals surface area contributed by atoms with Crippen LogP contribution in [-0.4, -0.2) is 59.1 Å². The number of pyridine rings is 1. The highest BCUT2D eigenvalue weighted by Crippen LogP contribution is 2.31. The van der Waals surface area contributed by atoms with Crippen molar-refractivity contribution in [3.63, 3.8) is 0 Å². The summed E-state index contributed by atoms with van der Waals surface area (Å²) in [5.74, 6) is -2.61. The molecule has 9 nitrogen and oxygen atoms in total. The number of nitrogens with zero attached hydrogens (tertiary/aromatic N) is 4. The summed E-state index contributed by atoms with van der Waals surface area (Å²) in [5.41, 5.74) is 2.18. The first-order valence-corrected chi connectivity index (χ1v) is 15.6. The van der Waals surface area contributed by atoms with Gasteiger partial charge in [0, 0.05) is 56.8 Å². The van der Waals surface area contributed by atoms with E-state index >= 15 is 4.39 Å². The third-order valence-corrected chi connectivity index (χ3v) is 9.62. The summed E-state index contributed by atoms with van der Waals surface area (Å²) in [5, 5.41) is 9.94. The zero-order valence-electron chi connectivity index (χ0n) is 24.3. The number of carbonyl (C=O) groups is 1. The van der Waals surface area contributed by atoms with Gasteiger partial charge in [0.2, 0.25) is 15.9 Å². The predicted molar refractivity (Wildman–Crippen MR) is 159 cm³/mol. The van der Waals surface area contributed by atoms with E-state index in [-0.39, 0.29) is 42.0 Å². The molecule has 2 aromatic heterocycles. The molecule has 2 atom stereocenters. The lowest BCUT2D eigenvalue weighted by Crippen LogP contribution is -2.53. The lowest BCUT2D eigenvalue weighted by Gasteiger charge is -2.35. The summed E-state index contributed by atoms with van der Waals surface area (Å²) >= 11 is 0. The SMILES string of the molecule is Cc1cc(F)cc([C@@H](CC(=O)Nc2cncc(F)c2CC[C@H]2CNCCN2S(=O)(=O)c2cnn(C)c2)c2ccc(F)cc2)c1. The topological polar surface area (TPSA) is 109 Å². The molecule has 0 bridgehead atoms. The first-order valence-electron chi connectivity index (χ1n) is 14.2. The Bertz CT molecular complexity index is 1730. The number of sulfonamides is 1. The normalized spacial score (nSPS) is 16.5. The van der Waals surface area contributed by atoms with E-state index < -0.39 is 45.3 Å². The van der Waals surface area contributed by atoms with Crippen LogP contribution < -0.4 is 10.6 Å². The maximum Gasteiger partial charge on any atom is 0.246 e. The Morgan fingerprint density at radius 3 is 2.55 bits per heavy atom. The average Bonchev–Trinajstić information content (AvgIpc) is 3.43. The lowest BCUT2D eigenvalue weighted by molar-refractivity contribution is -0.116. The quantitative estimate of drug-likeness (QED) is 0.272. The lowest BCUT2D eigenvalue weighted by atomic mass is 9.87. The number of aryl methyl sites for hydroxylation is 2. The Labute approximate surface area is 254 Å². The Morgan fingerprint density at radius 2 is 1.84 bits per heavy atom. The molecule has 0 radical (unpaired) electrons. The Morgan fingerprint density at radius 1 is 1.07 bits per heavy atom. The van der Waals surface area contributed by atoms with E-state index in [1.807, 2.05) is 0 Å². The molecule has 44 heavy (non-hydrogen) atoms. The maximum atomic E-state index is 15.1. The van der Waals surface area contributed by atoms with Crippen LogP contribution in [0.15, 0.2) is 72.1 Å². The fourth-order valence-corrected chi connectivity index (χ4v) is 7.22. The third-order valence-electron chi connectivity index (χ3n) is 7.72. The molecule has 3 heterocycles. The zero-order valence-corrected chi connectivity index (χ0v) is 25.1. The molecule has 0 aliphatic carbocycles. The van der Waals surface area contributed by atoms with Crippen LogP contribution in [0.5, 0.6) is 0 Å². The summed E-state index contributed by atoms with van der Waals surface area (Å²) in [4.78, 5) is 17.4. The molecule has 1 aliphatic rings. The largest absolute Gasteiger partial charge is 0.324 e.